The van der Waals surface area contributed by atoms with Crippen molar-refractivity contribution in [1.82, 2.24) is 5.32 Å². The molecule has 0 unspecified atom stereocenters. The summed E-state index contributed by atoms with van der Waals surface area (Å²) in [7, 11) is 0. The second-order valence-electron chi connectivity index (χ2n) is 4.49. The SMILES string of the molecule is CCCCCCCCN[C@H](C)CCCO. The van der Waals surface area contributed by atoms with E-state index in [1.807, 2.05) is 0 Å². The van der Waals surface area contributed by atoms with Gasteiger partial charge in [-0.15, -0.1) is 0 Å². The quantitative estimate of drug-likeness (QED) is 0.519. The molecule has 1 atom stereocenters. The van der Waals surface area contributed by atoms with Crippen LogP contribution in [0.15, 0.2) is 0 Å². The van der Waals surface area contributed by atoms with E-state index in [0.717, 1.165) is 19.4 Å². The van der Waals surface area contributed by atoms with Gasteiger partial charge in [-0.3, -0.25) is 0 Å². The number of hydrogen-bond acceptors (Lipinski definition) is 2. The molecule has 0 rings (SSSR count). The lowest BCUT2D eigenvalue weighted by atomic mass is 10.1. The van der Waals surface area contributed by atoms with Crippen LogP contribution in [-0.4, -0.2) is 24.3 Å². The van der Waals surface area contributed by atoms with Crippen LogP contribution in [0.25, 0.3) is 0 Å². The van der Waals surface area contributed by atoms with Crippen molar-refractivity contribution in [2.24, 2.45) is 0 Å². The van der Waals surface area contributed by atoms with E-state index in [1.165, 1.54) is 38.5 Å². The molecule has 0 fully saturated rings. The number of hydrogen-bond donors (Lipinski definition) is 2. The van der Waals surface area contributed by atoms with Crippen LogP contribution >= 0.6 is 0 Å². The first kappa shape index (κ1) is 14.9. The summed E-state index contributed by atoms with van der Waals surface area (Å²) in [5.74, 6) is 0. The molecular formula is C13H29NO. The van der Waals surface area contributed by atoms with E-state index >= 15 is 0 Å². The van der Waals surface area contributed by atoms with Crippen LogP contribution < -0.4 is 5.32 Å². The third-order valence-corrected chi connectivity index (χ3v) is 2.82. The number of unbranched alkanes of at least 4 members (excludes halogenated alkanes) is 5. The zero-order valence-corrected chi connectivity index (χ0v) is 10.6. The van der Waals surface area contributed by atoms with Gasteiger partial charge in [0.25, 0.3) is 0 Å². The van der Waals surface area contributed by atoms with Crippen molar-refractivity contribution in [3.63, 3.8) is 0 Å². The maximum atomic E-state index is 8.68. The lowest BCUT2D eigenvalue weighted by Gasteiger charge is -2.12. The van der Waals surface area contributed by atoms with Crippen molar-refractivity contribution in [2.45, 2.75) is 71.3 Å². The van der Waals surface area contributed by atoms with E-state index in [2.05, 4.69) is 19.2 Å². The molecule has 0 aliphatic heterocycles. The number of aliphatic hydroxyl groups is 1. The first-order valence-electron chi connectivity index (χ1n) is 6.65. The molecule has 2 nitrogen and oxygen atoms in total. The van der Waals surface area contributed by atoms with Crippen molar-refractivity contribution in [3.05, 3.63) is 0 Å². The van der Waals surface area contributed by atoms with E-state index in [1.54, 1.807) is 0 Å². The maximum absolute atomic E-state index is 8.68. The first-order valence-corrected chi connectivity index (χ1v) is 6.65. The minimum absolute atomic E-state index is 0.322. The summed E-state index contributed by atoms with van der Waals surface area (Å²) in [6, 6.07) is 0.563. The third kappa shape index (κ3) is 11.8. The van der Waals surface area contributed by atoms with Gasteiger partial charge in [-0.05, 0) is 32.7 Å². The molecule has 0 spiro atoms. The van der Waals surface area contributed by atoms with Gasteiger partial charge >= 0.3 is 0 Å². The van der Waals surface area contributed by atoms with Gasteiger partial charge in [-0.1, -0.05) is 39.0 Å². The van der Waals surface area contributed by atoms with E-state index < -0.39 is 0 Å². The molecule has 0 amide bonds. The minimum Gasteiger partial charge on any atom is -0.396 e. The molecule has 2 heteroatoms. The standard InChI is InChI=1S/C13H29NO/c1-3-4-5-6-7-8-11-14-13(2)10-9-12-15/h13-15H,3-12H2,1-2H3/t13-/m1/s1. The zero-order valence-electron chi connectivity index (χ0n) is 10.6. The van der Waals surface area contributed by atoms with Gasteiger partial charge in [0, 0.05) is 12.6 Å². The van der Waals surface area contributed by atoms with Crippen LogP contribution in [0.5, 0.6) is 0 Å². The van der Waals surface area contributed by atoms with Crippen molar-refractivity contribution >= 4 is 0 Å². The Bertz CT molecular complexity index is 117. The molecule has 92 valence electrons. The molecule has 2 N–H and O–H groups in total. The maximum Gasteiger partial charge on any atom is 0.0431 e. The summed E-state index contributed by atoms with van der Waals surface area (Å²) in [6.07, 6.45) is 10.2. The Hall–Kier alpha value is -0.0800. The summed E-state index contributed by atoms with van der Waals surface area (Å²) < 4.78 is 0. The Kier molecular flexibility index (Phi) is 11.9. The molecule has 0 heterocycles. The summed E-state index contributed by atoms with van der Waals surface area (Å²) in [5.41, 5.74) is 0. The molecule has 15 heavy (non-hydrogen) atoms. The number of aliphatic hydroxyl groups excluding tert-OH is 1. The van der Waals surface area contributed by atoms with Gasteiger partial charge in [0.1, 0.15) is 0 Å². The van der Waals surface area contributed by atoms with Gasteiger partial charge in [0.2, 0.25) is 0 Å². The number of nitrogens with one attached hydrogen (secondary N) is 1. The van der Waals surface area contributed by atoms with Crippen molar-refractivity contribution < 1.29 is 5.11 Å². The Morgan fingerprint density at radius 2 is 1.67 bits per heavy atom. The van der Waals surface area contributed by atoms with Gasteiger partial charge in [-0.2, -0.15) is 0 Å². The summed E-state index contributed by atoms with van der Waals surface area (Å²) in [4.78, 5) is 0. The Labute approximate surface area is 95.5 Å². The highest BCUT2D eigenvalue weighted by Gasteiger charge is 1.99. The van der Waals surface area contributed by atoms with Crippen LogP contribution in [-0.2, 0) is 0 Å². The van der Waals surface area contributed by atoms with E-state index in [-0.39, 0.29) is 0 Å². The molecule has 0 aromatic rings. The van der Waals surface area contributed by atoms with Gasteiger partial charge in [-0.25, -0.2) is 0 Å². The van der Waals surface area contributed by atoms with Crippen LogP contribution in [0.2, 0.25) is 0 Å². The zero-order chi connectivity index (χ0) is 11.4. The molecule has 0 saturated carbocycles. The molecular weight excluding hydrogens is 186 g/mol. The molecule has 0 aliphatic carbocycles. The molecule has 0 aromatic carbocycles. The third-order valence-electron chi connectivity index (χ3n) is 2.82. The van der Waals surface area contributed by atoms with Crippen LogP contribution in [0.1, 0.15) is 65.2 Å². The highest BCUT2D eigenvalue weighted by molar-refractivity contribution is 4.60. The largest absolute Gasteiger partial charge is 0.396 e. The van der Waals surface area contributed by atoms with Crippen molar-refractivity contribution in [1.29, 1.82) is 0 Å². The fraction of sp³-hybridized carbons (Fsp3) is 1.00. The van der Waals surface area contributed by atoms with Crippen LogP contribution in [0.4, 0.5) is 0 Å². The highest BCUT2D eigenvalue weighted by Crippen LogP contribution is 2.04. The van der Waals surface area contributed by atoms with Crippen molar-refractivity contribution in [2.75, 3.05) is 13.2 Å². The van der Waals surface area contributed by atoms with E-state index in [0.29, 0.717) is 12.6 Å². The average Bonchev–Trinajstić information content (AvgIpc) is 2.25. The monoisotopic (exact) mass is 215 g/mol. The first-order chi connectivity index (χ1) is 7.31. The second kappa shape index (κ2) is 12.0. The minimum atomic E-state index is 0.322. The fourth-order valence-electron chi connectivity index (χ4n) is 1.75. The fourth-order valence-corrected chi connectivity index (χ4v) is 1.75. The Balaban J connectivity index is 3.02. The topological polar surface area (TPSA) is 32.3 Å². The molecule has 0 radical (unpaired) electrons. The number of rotatable bonds is 11. The summed E-state index contributed by atoms with van der Waals surface area (Å²) in [6.45, 7) is 5.92. The summed E-state index contributed by atoms with van der Waals surface area (Å²) >= 11 is 0. The Morgan fingerprint density at radius 1 is 1.00 bits per heavy atom. The second-order valence-corrected chi connectivity index (χ2v) is 4.49. The lowest BCUT2D eigenvalue weighted by molar-refractivity contribution is 0.276. The highest BCUT2D eigenvalue weighted by atomic mass is 16.2. The predicted octanol–water partition coefficient (Wildman–Crippen LogP) is 3.10. The predicted molar refractivity (Wildman–Crippen MR) is 67.2 cm³/mol. The summed E-state index contributed by atoms with van der Waals surface area (Å²) in [5, 5.41) is 12.2. The van der Waals surface area contributed by atoms with E-state index in [9.17, 15) is 0 Å². The molecule has 0 saturated heterocycles. The van der Waals surface area contributed by atoms with Gasteiger partial charge in [0.15, 0.2) is 0 Å². The lowest BCUT2D eigenvalue weighted by Crippen LogP contribution is -2.27. The van der Waals surface area contributed by atoms with Crippen LogP contribution in [0.3, 0.4) is 0 Å². The molecule has 0 aromatic heterocycles. The normalized spacial score (nSPS) is 13.0. The van der Waals surface area contributed by atoms with E-state index in [4.69, 9.17) is 5.11 Å². The van der Waals surface area contributed by atoms with Gasteiger partial charge in [0.05, 0.1) is 0 Å². The Morgan fingerprint density at radius 3 is 2.33 bits per heavy atom. The average molecular weight is 215 g/mol. The molecule has 0 bridgehead atoms. The molecule has 0 aliphatic rings. The van der Waals surface area contributed by atoms with Crippen molar-refractivity contribution in [3.8, 4) is 0 Å². The van der Waals surface area contributed by atoms with Gasteiger partial charge < -0.3 is 10.4 Å². The smallest absolute Gasteiger partial charge is 0.0431 e. The van der Waals surface area contributed by atoms with Crippen LogP contribution in [0, 0.1) is 0 Å².